The van der Waals surface area contributed by atoms with Gasteiger partial charge in [0.1, 0.15) is 0 Å². The van der Waals surface area contributed by atoms with Crippen LogP contribution >= 0.6 is 0 Å². The Balaban J connectivity index is 2.07. The fraction of sp³-hybridized carbons (Fsp3) is 0.538. The van der Waals surface area contributed by atoms with Crippen LogP contribution in [0.15, 0.2) is 30.3 Å². The third-order valence-electron chi connectivity index (χ3n) is 3.45. The molecule has 2 nitrogen and oxygen atoms in total. The minimum atomic E-state index is -4.23. The summed E-state index contributed by atoms with van der Waals surface area (Å²) < 4.78 is 38.6. The summed E-state index contributed by atoms with van der Waals surface area (Å²) in [5, 5.41) is 0. The smallest absolute Gasteiger partial charge is 0.324 e. The molecule has 0 bridgehead atoms. The van der Waals surface area contributed by atoms with Crippen molar-refractivity contribution < 1.29 is 13.2 Å². The molecule has 1 heterocycles. The number of benzene rings is 1. The molecule has 1 aliphatic rings. The van der Waals surface area contributed by atoms with Gasteiger partial charge in [0.05, 0.1) is 5.92 Å². The lowest BCUT2D eigenvalue weighted by molar-refractivity contribution is -0.181. The van der Waals surface area contributed by atoms with E-state index in [4.69, 9.17) is 5.73 Å². The lowest BCUT2D eigenvalue weighted by Gasteiger charge is -2.27. The third-order valence-corrected chi connectivity index (χ3v) is 3.45. The van der Waals surface area contributed by atoms with Gasteiger partial charge in [-0.05, 0) is 12.5 Å². The Morgan fingerprint density at radius 3 is 2.44 bits per heavy atom. The zero-order valence-corrected chi connectivity index (χ0v) is 10.2. The van der Waals surface area contributed by atoms with Crippen molar-refractivity contribution in [1.82, 2.24) is 4.90 Å². The van der Waals surface area contributed by atoms with Gasteiger partial charge in [-0.1, -0.05) is 30.3 Å². The molecule has 2 N–H and O–H groups in total. The second kappa shape index (κ2) is 4.55. The zero-order chi connectivity index (χ0) is 13.4. The molecule has 1 aromatic rings. The average Bonchev–Trinajstić information content (AvgIpc) is 2.54. The first-order valence-corrected chi connectivity index (χ1v) is 5.91. The molecule has 0 saturated carbocycles. The Morgan fingerprint density at radius 1 is 1.33 bits per heavy atom. The quantitative estimate of drug-likeness (QED) is 0.882. The first-order valence-electron chi connectivity index (χ1n) is 5.91. The maximum absolute atomic E-state index is 12.9. The Morgan fingerprint density at radius 2 is 1.94 bits per heavy atom. The van der Waals surface area contributed by atoms with Crippen LogP contribution in [0, 0.1) is 5.92 Å². The van der Waals surface area contributed by atoms with E-state index in [1.54, 1.807) is 4.90 Å². The summed E-state index contributed by atoms with van der Waals surface area (Å²) >= 11 is 0. The van der Waals surface area contributed by atoms with Crippen molar-refractivity contribution in [2.24, 2.45) is 11.7 Å². The van der Waals surface area contributed by atoms with Crippen molar-refractivity contribution in [1.29, 1.82) is 0 Å². The normalized spacial score (nSPS) is 29.7. The molecule has 5 heteroatoms. The molecule has 1 aromatic carbocycles. The summed E-state index contributed by atoms with van der Waals surface area (Å²) in [6.07, 6.45) is -4.23. The van der Waals surface area contributed by atoms with Crippen molar-refractivity contribution in [3.05, 3.63) is 35.9 Å². The Labute approximate surface area is 105 Å². The summed E-state index contributed by atoms with van der Waals surface area (Å²) in [4.78, 5) is 1.77. The highest BCUT2D eigenvalue weighted by Gasteiger charge is 2.54. The predicted molar refractivity (Wildman–Crippen MR) is 63.9 cm³/mol. The zero-order valence-electron chi connectivity index (χ0n) is 10.2. The summed E-state index contributed by atoms with van der Waals surface area (Å²) in [6, 6.07) is 9.48. The average molecular weight is 258 g/mol. The number of rotatable bonds is 2. The van der Waals surface area contributed by atoms with Gasteiger partial charge in [0, 0.05) is 25.2 Å². The molecule has 1 fully saturated rings. The molecular weight excluding hydrogens is 241 g/mol. The van der Waals surface area contributed by atoms with Gasteiger partial charge in [-0.2, -0.15) is 13.2 Å². The van der Waals surface area contributed by atoms with E-state index >= 15 is 0 Å². The standard InChI is InChI=1S/C13H17F3N2/c1-12(17)9-18(8-11(12)13(14,15)16)7-10-5-3-2-4-6-10/h2-6,11H,7-9,17H2,1H3. The highest BCUT2D eigenvalue weighted by molar-refractivity contribution is 5.15. The summed E-state index contributed by atoms with van der Waals surface area (Å²) in [6.45, 7) is 2.24. The number of halogens is 3. The summed E-state index contributed by atoms with van der Waals surface area (Å²) in [5.41, 5.74) is 5.60. The van der Waals surface area contributed by atoms with E-state index in [0.29, 0.717) is 6.54 Å². The Bertz CT molecular complexity index is 400. The van der Waals surface area contributed by atoms with Gasteiger partial charge in [-0.15, -0.1) is 0 Å². The molecule has 1 saturated heterocycles. The van der Waals surface area contributed by atoms with E-state index in [1.165, 1.54) is 6.92 Å². The third kappa shape index (κ3) is 2.84. The first-order chi connectivity index (χ1) is 8.29. The number of nitrogens with zero attached hydrogens (tertiary/aromatic N) is 1. The molecule has 0 amide bonds. The van der Waals surface area contributed by atoms with Gasteiger partial charge < -0.3 is 5.73 Å². The van der Waals surface area contributed by atoms with E-state index < -0.39 is 17.6 Å². The molecule has 2 atom stereocenters. The van der Waals surface area contributed by atoms with Crippen LogP contribution in [0.25, 0.3) is 0 Å². The molecular formula is C13H17F3N2. The highest BCUT2D eigenvalue weighted by atomic mass is 19.4. The number of hydrogen-bond donors (Lipinski definition) is 1. The predicted octanol–water partition coefficient (Wildman–Crippen LogP) is 2.40. The number of alkyl halides is 3. The molecule has 0 radical (unpaired) electrons. The lowest BCUT2D eigenvalue weighted by atomic mass is 9.90. The van der Waals surface area contributed by atoms with Gasteiger partial charge in [-0.25, -0.2) is 0 Å². The second-order valence-electron chi connectivity index (χ2n) is 5.26. The molecule has 0 aromatic heterocycles. The van der Waals surface area contributed by atoms with E-state index in [1.807, 2.05) is 30.3 Å². The van der Waals surface area contributed by atoms with Crippen molar-refractivity contribution in [2.75, 3.05) is 13.1 Å². The van der Waals surface area contributed by atoms with Crippen LogP contribution in [-0.2, 0) is 6.54 Å². The topological polar surface area (TPSA) is 29.3 Å². The lowest BCUT2D eigenvalue weighted by Crippen LogP contribution is -2.50. The van der Waals surface area contributed by atoms with E-state index in [0.717, 1.165) is 5.56 Å². The maximum atomic E-state index is 12.9. The largest absolute Gasteiger partial charge is 0.394 e. The highest BCUT2D eigenvalue weighted by Crippen LogP contribution is 2.38. The van der Waals surface area contributed by atoms with Crippen LogP contribution < -0.4 is 5.73 Å². The SMILES string of the molecule is CC1(N)CN(Cc2ccccc2)CC1C(F)(F)F. The van der Waals surface area contributed by atoms with E-state index in [2.05, 4.69) is 0 Å². The van der Waals surface area contributed by atoms with Crippen molar-refractivity contribution >= 4 is 0 Å². The van der Waals surface area contributed by atoms with Crippen molar-refractivity contribution in [3.8, 4) is 0 Å². The van der Waals surface area contributed by atoms with E-state index in [9.17, 15) is 13.2 Å². The molecule has 2 rings (SSSR count). The van der Waals surface area contributed by atoms with Gasteiger partial charge >= 0.3 is 6.18 Å². The van der Waals surface area contributed by atoms with Crippen LogP contribution in [0.5, 0.6) is 0 Å². The van der Waals surface area contributed by atoms with Crippen molar-refractivity contribution in [2.45, 2.75) is 25.2 Å². The fourth-order valence-electron chi connectivity index (χ4n) is 2.56. The Kier molecular flexibility index (Phi) is 3.38. The summed E-state index contributed by atoms with van der Waals surface area (Å²) in [7, 11) is 0. The van der Waals surface area contributed by atoms with Gasteiger partial charge in [0.25, 0.3) is 0 Å². The molecule has 0 aliphatic carbocycles. The number of likely N-dealkylation sites (tertiary alicyclic amines) is 1. The van der Waals surface area contributed by atoms with Gasteiger partial charge in [0.15, 0.2) is 0 Å². The summed E-state index contributed by atoms with van der Waals surface area (Å²) in [5.74, 6) is -1.45. The first kappa shape index (κ1) is 13.4. The fourth-order valence-corrected chi connectivity index (χ4v) is 2.56. The van der Waals surface area contributed by atoms with Crippen LogP contribution in [0.4, 0.5) is 13.2 Å². The van der Waals surface area contributed by atoms with Crippen LogP contribution in [0.3, 0.4) is 0 Å². The molecule has 1 aliphatic heterocycles. The molecule has 100 valence electrons. The number of nitrogens with two attached hydrogens (primary N) is 1. The van der Waals surface area contributed by atoms with Crippen molar-refractivity contribution in [3.63, 3.8) is 0 Å². The molecule has 0 spiro atoms. The van der Waals surface area contributed by atoms with Crippen LogP contribution in [-0.4, -0.2) is 29.7 Å². The van der Waals surface area contributed by atoms with Gasteiger partial charge in [0.2, 0.25) is 0 Å². The molecule has 18 heavy (non-hydrogen) atoms. The van der Waals surface area contributed by atoms with Crippen LogP contribution in [0.1, 0.15) is 12.5 Å². The monoisotopic (exact) mass is 258 g/mol. The minimum Gasteiger partial charge on any atom is -0.324 e. The van der Waals surface area contributed by atoms with Crippen LogP contribution in [0.2, 0.25) is 0 Å². The maximum Gasteiger partial charge on any atom is 0.394 e. The second-order valence-corrected chi connectivity index (χ2v) is 5.26. The minimum absolute atomic E-state index is 0.0224. The van der Waals surface area contributed by atoms with E-state index in [-0.39, 0.29) is 13.1 Å². The number of hydrogen-bond acceptors (Lipinski definition) is 2. The Hall–Kier alpha value is -1.07. The molecule has 2 unspecified atom stereocenters. The van der Waals surface area contributed by atoms with Gasteiger partial charge in [-0.3, -0.25) is 4.90 Å².